The molecule has 5 nitrogen and oxygen atoms in total. The smallest absolute Gasteiger partial charge is 0.264 e. The van der Waals surface area contributed by atoms with Crippen LogP contribution < -0.4 is 5.56 Å². The number of hydrogen-bond donors (Lipinski definition) is 0. The van der Waals surface area contributed by atoms with E-state index < -0.39 is 11.6 Å². The van der Waals surface area contributed by atoms with Crippen molar-refractivity contribution in [2.45, 2.75) is 32.9 Å². The fourth-order valence-corrected chi connectivity index (χ4v) is 2.39. The number of halogens is 2. The third-order valence-electron chi connectivity index (χ3n) is 3.68. The van der Waals surface area contributed by atoms with Crippen molar-refractivity contribution in [3.05, 3.63) is 58.3 Å². The van der Waals surface area contributed by atoms with E-state index in [4.69, 9.17) is 0 Å². The van der Waals surface area contributed by atoms with Crippen molar-refractivity contribution < 1.29 is 8.78 Å². The van der Waals surface area contributed by atoms with Gasteiger partial charge in [0.1, 0.15) is 23.3 Å². The van der Waals surface area contributed by atoms with Crippen LogP contribution in [0.2, 0.25) is 0 Å². The van der Waals surface area contributed by atoms with Crippen LogP contribution in [0.1, 0.15) is 25.3 Å². The molecular formula is C16H16F2N4O. The average Bonchev–Trinajstić information content (AvgIpc) is 2.95. The van der Waals surface area contributed by atoms with Crippen LogP contribution in [0.3, 0.4) is 0 Å². The Labute approximate surface area is 131 Å². The molecule has 0 atom stereocenters. The molecule has 2 heterocycles. The van der Waals surface area contributed by atoms with Crippen LogP contribution >= 0.6 is 0 Å². The lowest BCUT2D eigenvalue weighted by atomic mass is 10.2. The van der Waals surface area contributed by atoms with Crippen molar-refractivity contribution >= 4 is 11.0 Å². The van der Waals surface area contributed by atoms with Crippen LogP contribution in [-0.2, 0) is 13.1 Å². The van der Waals surface area contributed by atoms with Crippen molar-refractivity contribution in [3.63, 3.8) is 0 Å². The first-order valence-electron chi connectivity index (χ1n) is 7.45. The Morgan fingerprint density at radius 1 is 1.22 bits per heavy atom. The molecule has 0 fully saturated rings. The van der Waals surface area contributed by atoms with E-state index in [2.05, 4.69) is 17.0 Å². The molecule has 3 aromatic rings. The third-order valence-corrected chi connectivity index (χ3v) is 3.68. The van der Waals surface area contributed by atoms with Gasteiger partial charge in [-0.3, -0.25) is 14.0 Å². The van der Waals surface area contributed by atoms with Gasteiger partial charge in [-0.25, -0.2) is 13.8 Å². The second-order valence-corrected chi connectivity index (χ2v) is 5.36. The van der Waals surface area contributed by atoms with E-state index in [0.29, 0.717) is 17.6 Å². The average molecular weight is 318 g/mol. The number of nitrogens with zero attached hydrogens (tertiary/aromatic N) is 4. The zero-order valence-corrected chi connectivity index (χ0v) is 12.7. The molecule has 7 heteroatoms. The van der Waals surface area contributed by atoms with E-state index in [9.17, 15) is 13.6 Å². The Hall–Kier alpha value is -2.57. The first-order chi connectivity index (χ1) is 11.1. The van der Waals surface area contributed by atoms with E-state index >= 15 is 0 Å². The summed E-state index contributed by atoms with van der Waals surface area (Å²) in [4.78, 5) is 16.6. The first-order valence-corrected chi connectivity index (χ1v) is 7.45. The molecule has 2 aromatic heterocycles. The minimum absolute atomic E-state index is 0.158. The summed E-state index contributed by atoms with van der Waals surface area (Å²) in [6.45, 7) is 2.56. The molecule has 0 aliphatic rings. The van der Waals surface area contributed by atoms with Crippen LogP contribution in [0, 0.1) is 11.6 Å². The molecule has 0 saturated carbocycles. The quantitative estimate of drug-likeness (QED) is 0.727. The fourth-order valence-electron chi connectivity index (χ4n) is 2.39. The highest BCUT2D eigenvalue weighted by Gasteiger charge is 2.13. The van der Waals surface area contributed by atoms with Crippen molar-refractivity contribution in [2.24, 2.45) is 0 Å². The number of benzene rings is 1. The topological polar surface area (TPSA) is 52.7 Å². The minimum Gasteiger partial charge on any atom is -0.294 e. The van der Waals surface area contributed by atoms with Crippen LogP contribution in [0.4, 0.5) is 8.78 Å². The standard InChI is InChI=1S/C16H16F2N4O/c1-2-3-7-22-9-12-15(20-22)19-10-21(16(12)23)8-11-13(17)5-4-6-14(11)18/h4-6,9-10H,2-3,7-8H2,1H3. The zero-order valence-electron chi connectivity index (χ0n) is 12.7. The lowest BCUT2D eigenvalue weighted by Crippen LogP contribution is -2.21. The Morgan fingerprint density at radius 2 is 1.96 bits per heavy atom. The van der Waals surface area contributed by atoms with Crippen LogP contribution in [0.25, 0.3) is 11.0 Å². The van der Waals surface area contributed by atoms with Crippen molar-refractivity contribution in [2.75, 3.05) is 0 Å². The van der Waals surface area contributed by atoms with Crippen LogP contribution in [0.5, 0.6) is 0 Å². The highest BCUT2D eigenvalue weighted by atomic mass is 19.1. The molecule has 0 aliphatic heterocycles. The summed E-state index contributed by atoms with van der Waals surface area (Å²) in [7, 11) is 0. The summed E-state index contributed by atoms with van der Waals surface area (Å²) in [5.74, 6) is -1.37. The molecule has 120 valence electrons. The van der Waals surface area contributed by atoms with Gasteiger partial charge in [-0.2, -0.15) is 5.10 Å². The molecule has 0 saturated heterocycles. The van der Waals surface area contributed by atoms with Gasteiger partial charge in [-0.1, -0.05) is 19.4 Å². The largest absolute Gasteiger partial charge is 0.294 e. The maximum Gasteiger partial charge on any atom is 0.264 e. The van der Waals surface area contributed by atoms with Crippen molar-refractivity contribution in [1.29, 1.82) is 0 Å². The van der Waals surface area contributed by atoms with Gasteiger partial charge in [0.05, 0.1) is 6.54 Å². The number of aromatic nitrogens is 4. The van der Waals surface area contributed by atoms with Crippen LogP contribution in [0.15, 0.2) is 35.5 Å². The molecule has 0 N–H and O–H groups in total. The van der Waals surface area contributed by atoms with Gasteiger partial charge in [0.25, 0.3) is 5.56 Å². The monoisotopic (exact) mass is 318 g/mol. The predicted molar refractivity (Wildman–Crippen MR) is 82.2 cm³/mol. The van der Waals surface area contributed by atoms with Gasteiger partial charge < -0.3 is 0 Å². The molecule has 0 amide bonds. The number of fused-ring (bicyclic) bond motifs is 1. The zero-order chi connectivity index (χ0) is 16.4. The molecule has 23 heavy (non-hydrogen) atoms. The molecule has 3 rings (SSSR count). The highest BCUT2D eigenvalue weighted by Crippen LogP contribution is 2.13. The SMILES string of the molecule is CCCCn1cc2c(=O)n(Cc3c(F)cccc3F)cnc2n1. The van der Waals surface area contributed by atoms with Gasteiger partial charge >= 0.3 is 0 Å². The van der Waals surface area contributed by atoms with Crippen molar-refractivity contribution in [1.82, 2.24) is 19.3 Å². The second-order valence-electron chi connectivity index (χ2n) is 5.36. The first kappa shape index (κ1) is 15.3. The Bertz CT molecular complexity index is 880. The van der Waals surface area contributed by atoms with E-state index in [-0.39, 0.29) is 17.7 Å². The van der Waals surface area contributed by atoms with Gasteiger partial charge in [-0.05, 0) is 18.6 Å². The number of hydrogen-bond acceptors (Lipinski definition) is 3. The summed E-state index contributed by atoms with van der Waals surface area (Å²) in [5.41, 5.74) is -0.175. The Balaban J connectivity index is 1.99. The molecule has 0 radical (unpaired) electrons. The van der Waals surface area contributed by atoms with E-state index in [1.165, 1.54) is 17.0 Å². The van der Waals surface area contributed by atoms with Gasteiger partial charge in [-0.15, -0.1) is 0 Å². The number of unbranched alkanes of at least 4 members (excludes halogenated alkanes) is 1. The number of rotatable bonds is 5. The van der Waals surface area contributed by atoms with E-state index in [1.807, 2.05) is 0 Å². The fraction of sp³-hybridized carbons (Fsp3) is 0.312. The van der Waals surface area contributed by atoms with Gasteiger partial charge in [0, 0.05) is 18.3 Å². The minimum atomic E-state index is -0.685. The molecule has 0 aliphatic carbocycles. The summed E-state index contributed by atoms with van der Waals surface area (Å²) in [5, 5.41) is 4.59. The van der Waals surface area contributed by atoms with Gasteiger partial charge in [0.15, 0.2) is 5.65 Å². The summed E-state index contributed by atoms with van der Waals surface area (Å²) >= 11 is 0. The van der Waals surface area contributed by atoms with E-state index in [1.54, 1.807) is 10.9 Å². The summed E-state index contributed by atoms with van der Waals surface area (Å²) < 4.78 is 30.3. The predicted octanol–water partition coefficient (Wildman–Crippen LogP) is 2.72. The molecular weight excluding hydrogens is 302 g/mol. The Kier molecular flexibility index (Phi) is 4.18. The summed E-state index contributed by atoms with van der Waals surface area (Å²) in [6, 6.07) is 3.62. The third kappa shape index (κ3) is 2.99. The highest BCUT2D eigenvalue weighted by molar-refractivity contribution is 5.72. The Morgan fingerprint density at radius 3 is 2.65 bits per heavy atom. The summed E-state index contributed by atoms with van der Waals surface area (Å²) in [6.07, 6.45) is 4.87. The lowest BCUT2D eigenvalue weighted by molar-refractivity contribution is 0.541. The van der Waals surface area contributed by atoms with E-state index in [0.717, 1.165) is 25.0 Å². The van der Waals surface area contributed by atoms with Crippen molar-refractivity contribution in [3.8, 4) is 0 Å². The molecule has 0 bridgehead atoms. The molecule has 0 spiro atoms. The molecule has 0 unspecified atom stereocenters. The van der Waals surface area contributed by atoms with Gasteiger partial charge in [0.2, 0.25) is 0 Å². The normalized spacial score (nSPS) is 11.3. The van der Waals surface area contributed by atoms with Crippen LogP contribution in [-0.4, -0.2) is 19.3 Å². The number of aryl methyl sites for hydroxylation is 1. The maximum atomic E-state index is 13.7. The lowest BCUT2D eigenvalue weighted by Gasteiger charge is -2.07. The molecule has 1 aromatic carbocycles. The second kappa shape index (κ2) is 6.28. The maximum absolute atomic E-state index is 13.7.